The molecular formula is C20H28FN3O4. The minimum absolute atomic E-state index is 0.0534. The highest BCUT2D eigenvalue weighted by Gasteiger charge is 2.24. The predicted molar refractivity (Wildman–Crippen MR) is 102 cm³/mol. The van der Waals surface area contributed by atoms with Crippen molar-refractivity contribution >= 4 is 17.9 Å². The van der Waals surface area contributed by atoms with E-state index >= 15 is 0 Å². The van der Waals surface area contributed by atoms with Crippen LogP contribution in [0.2, 0.25) is 0 Å². The number of nitrogens with zero attached hydrogens (tertiary/aromatic N) is 1. The van der Waals surface area contributed by atoms with Crippen molar-refractivity contribution in [1.29, 1.82) is 0 Å². The topological polar surface area (TPSA) is 87.7 Å². The predicted octanol–water partition coefficient (Wildman–Crippen LogP) is 2.00. The Labute approximate surface area is 164 Å². The zero-order chi connectivity index (χ0) is 20.4. The molecule has 0 aliphatic carbocycles. The lowest BCUT2D eigenvalue weighted by atomic mass is 10.1. The Bertz CT molecular complexity index is 658. The van der Waals surface area contributed by atoms with Crippen molar-refractivity contribution in [3.8, 4) is 0 Å². The van der Waals surface area contributed by atoms with Crippen molar-refractivity contribution in [3.05, 3.63) is 35.6 Å². The third kappa shape index (κ3) is 7.54. The van der Waals surface area contributed by atoms with Gasteiger partial charge in [-0.15, -0.1) is 0 Å². The normalized spacial score (nSPS) is 14.4. The van der Waals surface area contributed by atoms with Gasteiger partial charge in [-0.05, 0) is 43.9 Å². The first kappa shape index (κ1) is 21.7. The second-order valence-electron chi connectivity index (χ2n) is 6.78. The van der Waals surface area contributed by atoms with Gasteiger partial charge in [0.25, 0.3) is 0 Å². The summed E-state index contributed by atoms with van der Waals surface area (Å²) in [7, 11) is 0. The van der Waals surface area contributed by atoms with Crippen LogP contribution < -0.4 is 10.6 Å². The molecule has 1 saturated heterocycles. The molecule has 1 aliphatic heterocycles. The highest BCUT2D eigenvalue weighted by atomic mass is 19.1. The Morgan fingerprint density at radius 2 is 1.82 bits per heavy atom. The first-order chi connectivity index (χ1) is 13.5. The van der Waals surface area contributed by atoms with Crippen molar-refractivity contribution in [2.24, 2.45) is 0 Å². The number of carbonyl (C=O) groups is 3. The highest BCUT2D eigenvalue weighted by Crippen LogP contribution is 2.12. The van der Waals surface area contributed by atoms with Gasteiger partial charge < -0.3 is 20.3 Å². The molecule has 7 nitrogen and oxygen atoms in total. The average Bonchev–Trinajstić information content (AvgIpc) is 2.68. The Kier molecular flexibility index (Phi) is 8.71. The summed E-state index contributed by atoms with van der Waals surface area (Å²) in [4.78, 5) is 37.2. The summed E-state index contributed by atoms with van der Waals surface area (Å²) in [5.74, 6) is -0.539. The minimum Gasteiger partial charge on any atom is -0.450 e. The molecule has 3 amide bonds. The molecule has 0 bridgehead atoms. The van der Waals surface area contributed by atoms with Crippen LogP contribution in [0.3, 0.4) is 0 Å². The third-order valence-corrected chi connectivity index (χ3v) is 4.57. The van der Waals surface area contributed by atoms with E-state index in [1.807, 2.05) is 0 Å². The van der Waals surface area contributed by atoms with Crippen molar-refractivity contribution < 1.29 is 23.5 Å². The van der Waals surface area contributed by atoms with Crippen LogP contribution in [0.25, 0.3) is 0 Å². The molecule has 2 rings (SSSR count). The zero-order valence-electron chi connectivity index (χ0n) is 16.2. The lowest BCUT2D eigenvalue weighted by molar-refractivity contribution is -0.123. The van der Waals surface area contributed by atoms with E-state index < -0.39 is 0 Å². The van der Waals surface area contributed by atoms with Gasteiger partial charge in [0.05, 0.1) is 13.0 Å². The van der Waals surface area contributed by atoms with Gasteiger partial charge in [-0.2, -0.15) is 0 Å². The smallest absolute Gasteiger partial charge is 0.409 e. The molecule has 1 heterocycles. The highest BCUT2D eigenvalue weighted by molar-refractivity contribution is 5.79. The number of amides is 3. The van der Waals surface area contributed by atoms with Crippen LogP contribution in [-0.2, 0) is 20.7 Å². The largest absolute Gasteiger partial charge is 0.450 e. The zero-order valence-corrected chi connectivity index (χ0v) is 16.2. The number of rotatable bonds is 8. The Morgan fingerprint density at radius 1 is 1.14 bits per heavy atom. The number of carbonyl (C=O) groups excluding carboxylic acids is 3. The Balaban J connectivity index is 1.56. The van der Waals surface area contributed by atoms with E-state index in [-0.39, 0.29) is 36.2 Å². The van der Waals surface area contributed by atoms with Gasteiger partial charge >= 0.3 is 6.09 Å². The first-order valence-electron chi connectivity index (χ1n) is 9.70. The molecule has 0 aromatic heterocycles. The summed E-state index contributed by atoms with van der Waals surface area (Å²) < 4.78 is 17.8. The fourth-order valence-corrected chi connectivity index (χ4v) is 3.05. The molecule has 0 saturated carbocycles. The SMILES string of the molecule is CCOC(=O)N1CCC(NC(=O)CCCNC(=O)Cc2ccc(F)cc2)CC1. The van der Waals surface area contributed by atoms with Crippen LogP contribution in [0.4, 0.5) is 9.18 Å². The summed E-state index contributed by atoms with van der Waals surface area (Å²) in [6.07, 6.45) is 2.17. The van der Waals surface area contributed by atoms with Gasteiger partial charge in [-0.3, -0.25) is 9.59 Å². The van der Waals surface area contributed by atoms with E-state index in [0.717, 1.165) is 5.56 Å². The standard InChI is InChI=1S/C20H28FN3O4/c1-2-28-20(27)24-12-9-17(10-13-24)23-18(25)4-3-11-22-19(26)14-15-5-7-16(21)8-6-15/h5-8,17H,2-4,9-14H2,1H3,(H,22,26)(H,23,25). The molecule has 1 aromatic rings. The fourth-order valence-electron chi connectivity index (χ4n) is 3.05. The molecule has 1 aromatic carbocycles. The monoisotopic (exact) mass is 393 g/mol. The molecule has 154 valence electrons. The molecule has 0 radical (unpaired) electrons. The van der Waals surface area contributed by atoms with Crippen LogP contribution >= 0.6 is 0 Å². The molecule has 1 aliphatic rings. The summed E-state index contributed by atoms with van der Waals surface area (Å²) in [5.41, 5.74) is 0.741. The van der Waals surface area contributed by atoms with Gasteiger partial charge in [0, 0.05) is 32.1 Å². The van der Waals surface area contributed by atoms with Crippen molar-refractivity contribution in [2.75, 3.05) is 26.2 Å². The summed E-state index contributed by atoms with van der Waals surface area (Å²) in [6.45, 7) is 3.69. The quantitative estimate of drug-likeness (QED) is 0.662. The van der Waals surface area contributed by atoms with Gasteiger partial charge in [0.15, 0.2) is 0 Å². The average molecular weight is 393 g/mol. The van der Waals surface area contributed by atoms with E-state index in [2.05, 4.69) is 10.6 Å². The molecule has 0 spiro atoms. The van der Waals surface area contributed by atoms with Gasteiger partial charge in [0.1, 0.15) is 5.82 Å². The van der Waals surface area contributed by atoms with Crippen molar-refractivity contribution in [3.63, 3.8) is 0 Å². The number of benzene rings is 1. The number of halogens is 1. The summed E-state index contributed by atoms with van der Waals surface area (Å²) in [6, 6.07) is 5.87. The maximum Gasteiger partial charge on any atom is 0.409 e. The van der Waals surface area contributed by atoms with E-state index in [1.54, 1.807) is 24.0 Å². The summed E-state index contributed by atoms with van der Waals surface area (Å²) >= 11 is 0. The molecular weight excluding hydrogens is 365 g/mol. The van der Waals surface area contributed by atoms with Crippen LogP contribution in [0, 0.1) is 5.82 Å². The number of hydrogen-bond donors (Lipinski definition) is 2. The Hall–Kier alpha value is -2.64. The van der Waals surface area contributed by atoms with Crippen molar-refractivity contribution in [2.45, 2.75) is 45.1 Å². The summed E-state index contributed by atoms with van der Waals surface area (Å²) in [5, 5.41) is 5.74. The van der Waals surface area contributed by atoms with E-state index in [0.29, 0.717) is 51.9 Å². The van der Waals surface area contributed by atoms with E-state index in [1.165, 1.54) is 12.1 Å². The maximum absolute atomic E-state index is 12.8. The number of piperidine rings is 1. The second-order valence-corrected chi connectivity index (χ2v) is 6.78. The van der Waals surface area contributed by atoms with Crippen LogP contribution in [0.15, 0.2) is 24.3 Å². The number of ether oxygens (including phenoxy) is 1. The molecule has 1 fully saturated rings. The molecule has 28 heavy (non-hydrogen) atoms. The van der Waals surface area contributed by atoms with Gasteiger partial charge in [-0.25, -0.2) is 9.18 Å². The second kappa shape index (κ2) is 11.3. The van der Waals surface area contributed by atoms with Crippen LogP contribution in [0.5, 0.6) is 0 Å². The van der Waals surface area contributed by atoms with Gasteiger partial charge in [0.2, 0.25) is 11.8 Å². The third-order valence-electron chi connectivity index (χ3n) is 4.57. The number of likely N-dealkylation sites (tertiary alicyclic amines) is 1. The van der Waals surface area contributed by atoms with Gasteiger partial charge in [-0.1, -0.05) is 12.1 Å². The molecule has 2 N–H and O–H groups in total. The molecule has 8 heteroatoms. The number of hydrogen-bond acceptors (Lipinski definition) is 4. The van der Waals surface area contributed by atoms with Crippen LogP contribution in [-0.4, -0.2) is 55.1 Å². The fraction of sp³-hybridized carbons (Fsp3) is 0.550. The first-order valence-corrected chi connectivity index (χ1v) is 9.70. The Morgan fingerprint density at radius 3 is 2.46 bits per heavy atom. The van der Waals surface area contributed by atoms with Crippen LogP contribution in [0.1, 0.15) is 38.2 Å². The molecule has 0 unspecified atom stereocenters. The van der Waals surface area contributed by atoms with E-state index in [9.17, 15) is 18.8 Å². The minimum atomic E-state index is -0.332. The lowest BCUT2D eigenvalue weighted by Gasteiger charge is -2.31. The maximum atomic E-state index is 12.8. The molecule has 0 atom stereocenters. The van der Waals surface area contributed by atoms with E-state index in [4.69, 9.17) is 4.74 Å². The lowest BCUT2D eigenvalue weighted by Crippen LogP contribution is -2.46. The van der Waals surface area contributed by atoms with Crippen molar-refractivity contribution in [1.82, 2.24) is 15.5 Å². The number of nitrogens with one attached hydrogen (secondary N) is 2.